The number of hydrazone groups is 1. The molecule has 0 aromatic heterocycles. The predicted molar refractivity (Wildman–Crippen MR) is 84.4 cm³/mol. The third-order valence-corrected chi connectivity index (χ3v) is 3.01. The van der Waals surface area contributed by atoms with Crippen molar-refractivity contribution in [3.63, 3.8) is 0 Å². The molecule has 0 fully saturated rings. The average Bonchev–Trinajstić information content (AvgIpc) is 2.56. The van der Waals surface area contributed by atoms with Gasteiger partial charge in [-0.2, -0.15) is 5.10 Å². The number of rotatable bonds is 5. The molecule has 2 rings (SSSR count). The standard InChI is InChI=1S/C16H16N2O5/c1-22-13-7-10(8-14(23-2)15(13)20)9-17-18-16(21)11-3-5-12(19)6-4-11/h3-9,19-20H,1-2H3,(H,18,21). The maximum Gasteiger partial charge on any atom is 0.271 e. The summed E-state index contributed by atoms with van der Waals surface area (Å²) in [6.07, 6.45) is 1.39. The van der Waals surface area contributed by atoms with Gasteiger partial charge in [-0.15, -0.1) is 0 Å². The van der Waals surface area contributed by atoms with Crippen molar-refractivity contribution in [3.05, 3.63) is 47.5 Å². The van der Waals surface area contributed by atoms with Crippen LogP contribution >= 0.6 is 0 Å². The van der Waals surface area contributed by atoms with E-state index >= 15 is 0 Å². The molecule has 0 aliphatic rings. The number of nitrogens with one attached hydrogen (secondary N) is 1. The Morgan fingerprint density at radius 1 is 1.09 bits per heavy atom. The Bertz CT molecular complexity index is 701. The van der Waals surface area contributed by atoms with Crippen LogP contribution < -0.4 is 14.9 Å². The smallest absolute Gasteiger partial charge is 0.271 e. The Hall–Kier alpha value is -3.22. The molecule has 0 atom stereocenters. The van der Waals surface area contributed by atoms with Crippen molar-refractivity contribution in [3.8, 4) is 23.0 Å². The van der Waals surface area contributed by atoms with Crippen molar-refractivity contribution in [2.45, 2.75) is 0 Å². The SMILES string of the molecule is COc1cc(C=NNC(=O)c2ccc(O)cc2)cc(OC)c1O. The molecule has 0 bridgehead atoms. The van der Waals surface area contributed by atoms with Gasteiger partial charge in [0, 0.05) is 11.1 Å². The molecule has 0 aliphatic carbocycles. The zero-order valence-electron chi connectivity index (χ0n) is 12.6. The van der Waals surface area contributed by atoms with Gasteiger partial charge in [0.1, 0.15) is 5.75 Å². The van der Waals surface area contributed by atoms with Gasteiger partial charge in [0.15, 0.2) is 11.5 Å². The highest BCUT2D eigenvalue weighted by molar-refractivity contribution is 5.95. The van der Waals surface area contributed by atoms with Crippen LogP contribution in [0.2, 0.25) is 0 Å². The number of ether oxygens (including phenoxy) is 2. The number of methoxy groups -OCH3 is 2. The lowest BCUT2D eigenvalue weighted by molar-refractivity contribution is 0.0955. The maximum absolute atomic E-state index is 11.9. The number of phenols is 2. The minimum atomic E-state index is -0.418. The first-order valence-electron chi connectivity index (χ1n) is 6.62. The number of hydrogen-bond acceptors (Lipinski definition) is 6. The van der Waals surface area contributed by atoms with Gasteiger partial charge < -0.3 is 19.7 Å². The number of carbonyl (C=O) groups excluding carboxylic acids is 1. The molecule has 7 heteroatoms. The molecule has 0 radical (unpaired) electrons. The summed E-state index contributed by atoms with van der Waals surface area (Å²) >= 11 is 0. The summed E-state index contributed by atoms with van der Waals surface area (Å²) in [6, 6.07) is 8.88. The van der Waals surface area contributed by atoms with Crippen molar-refractivity contribution in [2.24, 2.45) is 5.10 Å². The van der Waals surface area contributed by atoms with Crippen molar-refractivity contribution in [2.75, 3.05) is 14.2 Å². The lowest BCUT2D eigenvalue weighted by atomic mass is 10.2. The van der Waals surface area contributed by atoms with Crippen molar-refractivity contribution >= 4 is 12.1 Å². The highest BCUT2D eigenvalue weighted by Gasteiger charge is 2.10. The van der Waals surface area contributed by atoms with E-state index in [2.05, 4.69) is 10.5 Å². The third-order valence-electron chi connectivity index (χ3n) is 3.01. The number of phenolic OH excluding ortho intramolecular Hbond substituents is 2. The molecule has 120 valence electrons. The fraction of sp³-hybridized carbons (Fsp3) is 0.125. The second-order valence-corrected chi connectivity index (χ2v) is 4.52. The largest absolute Gasteiger partial charge is 0.508 e. The van der Waals surface area contributed by atoms with Gasteiger partial charge in [0.2, 0.25) is 5.75 Å². The van der Waals surface area contributed by atoms with E-state index in [-0.39, 0.29) is 23.0 Å². The minimum absolute atomic E-state index is 0.0772. The Balaban J connectivity index is 2.11. The summed E-state index contributed by atoms with van der Waals surface area (Å²) in [5.74, 6) is 0.0129. The number of carbonyl (C=O) groups is 1. The van der Waals surface area contributed by atoms with Gasteiger partial charge in [0.05, 0.1) is 20.4 Å². The highest BCUT2D eigenvalue weighted by atomic mass is 16.5. The van der Waals surface area contributed by atoms with Gasteiger partial charge in [0.25, 0.3) is 5.91 Å². The molecule has 0 spiro atoms. The van der Waals surface area contributed by atoms with E-state index in [4.69, 9.17) is 9.47 Å². The molecule has 0 unspecified atom stereocenters. The van der Waals surface area contributed by atoms with E-state index in [1.165, 1.54) is 44.7 Å². The van der Waals surface area contributed by atoms with Crippen LogP contribution in [0.3, 0.4) is 0 Å². The Labute approximate surface area is 132 Å². The van der Waals surface area contributed by atoms with Crippen LogP contribution in [-0.2, 0) is 0 Å². The van der Waals surface area contributed by atoms with Gasteiger partial charge in [-0.05, 0) is 36.4 Å². The number of nitrogens with zero attached hydrogens (tertiary/aromatic N) is 1. The first kappa shape index (κ1) is 16.2. The second-order valence-electron chi connectivity index (χ2n) is 4.52. The number of aromatic hydroxyl groups is 2. The normalized spacial score (nSPS) is 10.5. The molecule has 0 heterocycles. The van der Waals surface area contributed by atoms with Crippen LogP contribution in [0, 0.1) is 0 Å². The molecule has 1 amide bonds. The molecular weight excluding hydrogens is 300 g/mol. The third kappa shape index (κ3) is 3.91. The molecule has 0 aliphatic heterocycles. The molecule has 3 N–H and O–H groups in total. The predicted octanol–water partition coefficient (Wildman–Crippen LogP) is 1.88. The van der Waals surface area contributed by atoms with Crippen LogP contribution in [-0.4, -0.2) is 36.6 Å². The van der Waals surface area contributed by atoms with E-state index in [0.717, 1.165) is 0 Å². The van der Waals surface area contributed by atoms with Crippen molar-refractivity contribution in [1.29, 1.82) is 0 Å². The number of amides is 1. The van der Waals surface area contributed by atoms with Crippen LogP contribution in [0.4, 0.5) is 0 Å². The molecule has 23 heavy (non-hydrogen) atoms. The lowest BCUT2D eigenvalue weighted by Crippen LogP contribution is -2.17. The zero-order valence-corrected chi connectivity index (χ0v) is 12.6. The quantitative estimate of drug-likeness (QED) is 0.577. The van der Waals surface area contributed by atoms with E-state index in [9.17, 15) is 15.0 Å². The summed E-state index contributed by atoms with van der Waals surface area (Å²) in [4.78, 5) is 11.9. The molecule has 7 nitrogen and oxygen atoms in total. The monoisotopic (exact) mass is 316 g/mol. The molecule has 0 saturated carbocycles. The van der Waals surface area contributed by atoms with Crippen molar-refractivity contribution < 1.29 is 24.5 Å². The number of benzene rings is 2. The molecule has 0 saturated heterocycles. The molecule has 2 aromatic rings. The average molecular weight is 316 g/mol. The van der Waals surface area contributed by atoms with Gasteiger partial charge in [-0.3, -0.25) is 4.79 Å². The summed E-state index contributed by atoms with van der Waals surface area (Å²) in [5.41, 5.74) is 3.29. The molecule has 2 aromatic carbocycles. The van der Waals surface area contributed by atoms with Crippen LogP contribution in [0.1, 0.15) is 15.9 Å². The van der Waals surface area contributed by atoms with Gasteiger partial charge >= 0.3 is 0 Å². The van der Waals surface area contributed by atoms with E-state index in [1.54, 1.807) is 12.1 Å². The second kappa shape index (κ2) is 7.17. The number of hydrogen-bond donors (Lipinski definition) is 3. The van der Waals surface area contributed by atoms with E-state index in [1.807, 2.05) is 0 Å². The van der Waals surface area contributed by atoms with Gasteiger partial charge in [-0.1, -0.05) is 0 Å². The Morgan fingerprint density at radius 2 is 1.65 bits per heavy atom. The Kier molecular flexibility index (Phi) is 5.03. The highest BCUT2D eigenvalue weighted by Crippen LogP contribution is 2.36. The van der Waals surface area contributed by atoms with Crippen molar-refractivity contribution in [1.82, 2.24) is 5.43 Å². The fourth-order valence-corrected chi connectivity index (χ4v) is 1.83. The fourth-order valence-electron chi connectivity index (χ4n) is 1.83. The Morgan fingerprint density at radius 3 is 2.17 bits per heavy atom. The first-order valence-corrected chi connectivity index (χ1v) is 6.62. The van der Waals surface area contributed by atoms with E-state index in [0.29, 0.717) is 11.1 Å². The zero-order chi connectivity index (χ0) is 16.8. The molecular formula is C16H16N2O5. The summed E-state index contributed by atoms with van der Waals surface area (Å²) in [5, 5.41) is 22.8. The summed E-state index contributed by atoms with van der Waals surface area (Å²) in [6.45, 7) is 0. The van der Waals surface area contributed by atoms with Crippen LogP contribution in [0.15, 0.2) is 41.5 Å². The van der Waals surface area contributed by atoms with E-state index < -0.39 is 5.91 Å². The first-order chi connectivity index (χ1) is 11.0. The maximum atomic E-state index is 11.9. The minimum Gasteiger partial charge on any atom is -0.508 e. The van der Waals surface area contributed by atoms with Gasteiger partial charge in [-0.25, -0.2) is 5.43 Å². The van der Waals surface area contributed by atoms with Crippen LogP contribution in [0.5, 0.6) is 23.0 Å². The summed E-state index contributed by atoms with van der Waals surface area (Å²) < 4.78 is 10.1. The lowest BCUT2D eigenvalue weighted by Gasteiger charge is -2.09. The van der Waals surface area contributed by atoms with Crippen LogP contribution in [0.25, 0.3) is 0 Å². The topological polar surface area (TPSA) is 100 Å². The summed E-state index contributed by atoms with van der Waals surface area (Å²) in [7, 11) is 2.84.